The number of nitrogens with one attached hydrogen (secondary N) is 2. The second kappa shape index (κ2) is 12.6. The van der Waals surface area contributed by atoms with Gasteiger partial charge in [-0.3, -0.25) is 4.99 Å². The minimum absolute atomic E-state index is 0.199. The number of nitrogens with zero attached hydrogens (tertiary/aromatic N) is 2. The van der Waals surface area contributed by atoms with Crippen LogP contribution in [0.2, 0.25) is 0 Å². The third kappa shape index (κ3) is 9.17. The van der Waals surface area contributed by atoms with Gasteiger partial charge >= 0.3 is 0 Å². The molecule has 7 heteroatoms. The van der Waals surface area contributed by atoms with Crippen molar-refractivity contribution >= 4 is 5.96 Å². The van der Waals surface area contributed by atoms with Gasteiger partial charge in [-0.1, -0.05) is 12.1 Å². The summed E-state index contributed by atoms with van der Waals surface area (Å²) >= 11 is 0. The van der Waals surface area contributed by atoms with Crippen LogP contribution in [0.1, 0.15) is 24.8 Å². The third-order valence-corrected chi connectivity index (χ3v) is 4.46. The fraction of sp³-hybridized carbons (Fsp3) is 0.650. The minimum atomic E-state index is -0.199. The van der Waals surface area contributed by atoms with Gasteiger partial charge in [-0.2, -0.15) is 0 Å². The van der Waals surface area contributed by atoms with Gasteiger partial charge in [0.2, 0.25) is 0 Å². The summed E-state index contributed by atoms with van der Waals surface area (Å²) in [7, 11) is 3.82. The average Bonchev–Trinajstić information content (AvgIpc) is 3.18. The van der Waals surface area contributed by atoms with Gasteiger partial charge in [-0.15, -0.1) is 0 Å². The van der Waals surface area contributed by atoms with E-state index in [4.69, 9.17) is 9.47 Å². The Morgan fingerprint density at radius 2 is 2.07 bits per heavy atom. The molecule has 1 atom stereocenters. The predicted octanol–water partition coefficient (Wildman–Crippen LogP) is 2.01. The summed E-state index contributed by atoms with van der Waals surface area (Å²) in [4.78, 5) is 6.42. The van der Waals surface area contributed by atoms with Crippen LogP contribution >= 0.6 is 0 Å². The molecule has 1 fully saturated rings. The zero-order valence-electron chi connectivity index (χ0n) is 16.5. The molecule has 27 heavy (non-hydrogen) atoms. The summed E-state index contributed by atoms with van der Waals surface area (Å²) < 4.78 is 24.1. The number of halogens is 1. The second-order valence-electron chi connectivity index (χ2n) is 6.85. The van der Waals surface area contributed by atoms with Crippen LogP contribution in [-0.2, 0) is 16.0 Å². The first-order valence-electron chi connectivity index (χ1n) is 9.74. The lowest BCUT2D eigenvalue weighted by atomic mass is 10.2. The second-order valence-corrected chi connectivity index (χ2v) is 6.85. The first kappa shape index (κ1) is 21.6. The monoisotopic (exact) mass is 380 g/mol. The summed E-state index contributed by atoms with van der Waals surface area (Å²) in [5, 5.41) is 6.60. The highest BCUT2D eigenvalue weighted by Crippen LogP contribution is 2.11. The molecule has 0 spiro atoms. The van der Waals surface area contributed by atoms with Crippen LogP contribution in [0, 0.1) is 5.82 Å². The lowest BCUT2D eigenvalue weighted by molar-refractivity contribution is 0.0168. The van der Waals surface area contributed by atoms with E-state index in [9.17, 15) is 4.39 Å². The van der Waals surface area contributed by atoms with Crippen molar-refractivity contribution in [2.45, 2.75) is 31.9 Å². The van der Waals surface area contributed by atoms with Crippen LogP contribution in [0.25, 0.3) is 0 Å². The van der Waals surface area contributed by atoms with Crippen molar-refractivity contribution in [1.82, 2.24) is 15.5 Å². The lowest BCUT2D eigenvalue weighted by Crippen LogP contribution is -2.41. The van der Waals surface area contributed by atoms with E-state index >= 15 is 0 Å². The van der Waals surface area contributed by atoms with E-state index in [1.807, 2.05) is 19.2 Å². The van der Waals surface area contributed by atoms with E-state index in [1.54, 1.807) is 7.05 Å². The predicted molar refractivity (Wildman–Crippen MR) is 107 cm³/mol. The van der Waals surface area contributed by atoms with Gasteiger partial charge in [0.15, 0.2) is 5.96 Å². The molecule has 0 saturated carbocycles. The fourth-order valence-corrected chi connectivity index (χ4v) is 2.94. The van der Waals surface area contributed by atoms with E-state index in [-0.39, 0.29) is 5.82 Å². The number of aliphatic imine (C=N–C) groups is 1. The van der Waals surface area contributed by atoms with E-state index < -0.39 is 0 Å². The van der Waals surface area contributed by atoms with E-state index in [0.717, 1.165) is 70.2 Å². The van der Waals surface area contributed by atoms with Crippen LogP contribution in [0.5, 0.6) is 0 Å². The number of ether oxygens (including phenoxy) is 2. The number of likely N-dealkylation sites (N-methyl/N-ethyl adjacent to an activating group) is 1. The topological polar surface area (TPSA) is 58.1 Å². The Hall–Kier alpha value is -1.70. The summed E-state index contributed by atoms with van der Waals surface area (Å²) in [6.45, 7) is 5.55. The number of hydrogen-bond acceptors (Lipinski definition) is 4. The Kier molecular flexibility index (Phi) is 10.1. The molecule has 0 bridgehead atoms. The van der Waals surface area contributed by atoms with E-state index in [1.165, 1.54) is 12.1 Å². The smallest absolute Gasteiger partial charge is 0.191 e. The van der Waals surface area contributed by atoms with Crippen molar-refractivity contribution < 1.29 is 13.9 Å². The molecule has 1 unspecified atom stereocenters. The first-order valence-corrected chi connectivity index (χ1v) is 9.74. The summed E-state index contributed by atoms with van der Waals surface area (Å²) in [6, 6.07) is 6.64. The average molecular weight is 381 g/mol. The molecular weight excluding hydrogens is 347 g/mol. The van der Waals surface area contributed by atoms with Gasteiger partial charge in [0.1, 0.15) is 5.82 Å². The molecule has 1 aliphatic rings. The van der Waals surface area contributed by atoms with E-state index in [0.29, 0.717) is 12.7 Å². The van der Waals surface area contributed by atoms with Gasteiger partial charge in [0.05, 0.1) is 12.7 Å². The summed E-state index contributed by atoms with van der Waals surface area (Å²) in [5.41, 5.74) is 1.10. The molecule has 1 aromatic carbocycles. The minimum Gasteiger partial charge on any atom is -0.379 e. The zero-order chi connectivity index (χ0) is 19.3. The maximum Gasteiger partial charge on any atom is 0.191 e. The van der Waals surface area contributed by atoms with Crippen molar-refractivity contribution in [3.05, 3.63) is 35.6 Å². The molecule has 0 aliphatic carbocycles. The van der Waals surface area contributed by atoms with Crippen molar-refractivity contribution in [1.29, 1.82) is 0 Å². The Labute approximate surface area is 162 Å². The molecule has 1 heterocycles. The quantitative estimate of drug-likeness (QED) is 0.349. The fourth-order valence-electron chi connectivity index (χ4n) is 2.94. The van der Waals surface area contributed by atoms with Crippen molar-refractivity contribution in [3.63, 3.8) is 0 Å². The normalized spacial score (nSPS) is 17.5. The van der Waals surface area contributed by atoms with Gasteiger partial charge < -0.3 is 25.0 Å². The molecule has 0 amide bonds. The molecule has 0 radical (unpaired) electrons. The van der Waals surface area contributed by atoms with Crippen LogP contribution in [0.4, 0.5) is 4.39 Å². The molecule has 6 nitrogen and oxygen atoms in total. The van der Waals surface area contributed by atoms with E-state index in [2.05, 4.69) is 20.5 Å². The highest BCUT2D eigenvalue weighted by atomic mass is 19.1. The molecular formula is C20H33FN4O2. The van der Waals surface area contributed by atoms with Crippen LogP contribution in [0.3, 0.4) is 0 Å². The largest absolute Gasteiger partial charge is 0.379 e. The maximum absolute atomic E-state index is 12.9. The number of guanidine groups is 1. The van der Waals surface area contributed by atoms with Gasteiger partial charge in [-0.05, 0) is 44.0 Å². The Bertz CT molecular complexity index is 547. The number of rotatable bonds is 11. The van der Waals surface area contributed by atoms with Crippen LogP contribution < -0.4 is 10.6 Å². The molecule has 152 valence electrons. The van der Waals surface area contributed by atoms with Gasteiger partial charge in [-0.25, -0.2) is 4.39 Å². The van der Waals surface area contributed by atoms with Crippen molar-refractivity contribution in [2.75, 3.05) is 53.6 Å². The first-order chi connectivity index (χ1) is 13.2. The standard InChI is InChI=1S/C20H33FN4O2/c1-22-20(23-10-4-13-26-16-19-5-3-14-27-19)24-11-12-25(2)15-17-6-8-18(21)9-7-17/h6-9,19H,3-5,10-16H2,1-2H3,(H2,22,23,24). The Balaban J connectivity index is 1.49. The molecule has 1 aromatic rings. The lowest BCUT2D eigenvalue weighted by Gasteiger charge is -2.18. The molecule has 2 rings (SSSR count). The molecule has 1 aliphatic heterocycles. The highest BCUT2D eigenvalue weighted by molar-refractivity contribution is 5.79. The maximum atomic E-state index is 12.9. The SMILES string of the molecule is CN=C(NCCCOCC1CCCO1)NCCN(C)Cc1ccc(F)cc1. The van der Waals surface area contributed by atoms with Crippen LogP contribution in [-0.4, -0.2) is 70.5 Å². The number of hydrogen-bond donors (Lipinski definition) is 2. The summed E-state index contributed by atoms with van der Waals surface area (Å²) in [5.74, 6) is 0.597. The van der Waals surface area contributed by atoms with Crippen LogP contribution in [0.15, 0.2) is 29.3 Å². The number of benzene rings is 1. The third-order valence-electron chi connectivity index (χ3n) is 4.46. The molecule has 0 aromatic heterocycles. The zero-order valence-corrected chi connectivity index (χ0v) is 16.5. The van der Waals surface area contributed by atoms with Gasteiger partial charge in [0, 0.05) is 46.4 Å². The Morgan fingerprint density at radius 3 is 2.78 bits per heavy atom. The highest BCUT2D eigenvalue weighted by Gasteiger charge is 2.14. The summed E-state index contributed by atoms with van der Waals surface area (Å²) in [6.07, 6.45) is 3.48. The van der Waals surface area contributed by atoms with Crippen molar-refractivity contribution in [3.8, 4) is 0 Å². The Morgan fingerprint density at radius 1 is 1.30 bits per heavy atom. The molecule has 1 saturated heterocycles. The molecule has 2 N–H and O–H groups in total. The van der Waals surface area contributed by atoms with Gasteiger partial charge in [0.25, 0.3) is 0 Å². The van der Waals surface area contributed by atoms with Crippen molar-refractivity contribution in [2.24, 2.45) is 4.99 Å².